The highest BCUT2D eigenvalue weighted by molar-refractivity contribution is 7.89. The van der Waals surface area contributed by atoms with Gasteiger partial charge in [-0.3, -0.25) is 9.69 Å². The van der Waals surface area contributed by atoms with E-state index in [0.29, 0.717) is 17.7 Å². The van der Waals surface area contributed by atoms with Crippen LogP contribution in [0, 0.1) is 0 Å². The topological polar surface area (TPSA) is 114 Å². The van der Waals surface area contributed by atoms with Gasteiger partial charge in [-0.05, 0) is 36.4 Å². The molecular formula is C19H19N5O3S. The van der Waals surface area contributed by atoms with Crippen molar-refractivity contribution in [1.82, 2.24) is 9.78 Å². The van der Waals surface area contributed by atoms with Crippen molar-refractivity contribution in [2.75, 3.05) is 5.01 Å². The Balaban J connectivity index is 1.76. The number of hydrogen-bond donors (Lipinski definition) is 2. The van der Waals surface area contributed by atoms with Gasteiger partial charge in [0.15, 0.2) is 0 Å². The molecule has 0 fully saturated rings. The number of anilines is 1. The van der Waals surface area contributed by atoms with Crippen molar-refractivity contribution >= 4 is 21.4 Å². The summed E-state index contributed by atoms with van der Waals surface area (Å²) < 4.78 is 24.8. The lowest BCUT2D eigenvalue weighted by Crippen LogP contribution is -2.18. The monoisotopic (exact) mass is 397 g/mol. The number of aromatic hydroxyl groups is 1. The number of aromatic nitrogens is 2. The highest BCUT2D eigenvalue weighted by Gasteiger charge is 2.31. The quantitative estimate of drug-likeness (QED) is 0.700. The molecule has 0 bridgehead atoms. The molecule has 1 atom stereocenters. The van der Waals surface area contributed by atoms with Crippen molar-refractivity contribution in [2.24, 2.45) is 17.3 Å². The number of para-hydroxylation sites is 1. The number of nitrogens with two attached hydrogens (primary N) is 1. The molecule has 144 valence electrons. The molecule has 0 aliphatic carbocycles. The number of nitrogens with zero attached hydrogens (tertiary/aromatic N) is 4. The van der Waals surface area contributed by atoms with Gasteiger partial charge in [0, 0.05) is 30.8 Å². The molecule has 2 heterocycles. The zero-order chi connectivity index (χ0) is 19.9. The second-order valence-electron chi connectivity index (χ2n) is 6.61. The standard InChI is InChI=1S/C19H19N5O3S/c1-23-12-13(11-21-23)18-10-17(16-4-2-3-5-19(16)25)22-24(18)14-6-8-15(9-7-14)28(20,26)27/h2-9,11-12,18,25H,10H2,1H3,(H2,20,26,27)/t18-/m1/s1. The van der Waals surface area contributed by atoms with E-state index in [1.54, 1.807) is 35.1 Å². The Kier molecular flexibility index (Phi) is 4.40. The largest absolute Gasteiger partial charge is 0.507 e. The summed E-state index contributed by atoms with van der Waals surface area (Å²) in [5.74, 6) is 0.164. The first-order valence-corrected chi connectivity index (χ1v) is 10.1. The van der Waals surface area contributed by atoms with Gasteiger partial charge in [0.25, 0.3) is 0 Å². The molecule has 3 N–H and O–H groups in total. The van der Waals surface area contributed by atoms with Crippen LogP contribution in [0.1, 0.15) is 23.6 Å². The van der Waals surface area contributed by atoms with Crippen LogP contribution >= 0.6 is 0 Å². The molecule has 3 aromatic rings. The summed E-state index contributed by atoms with van der Waals surface area (Å²) in [6, 6.07) is 13.2. The lowest BCUT2D eigenvalue weighted by molar-refractivity contribution is 0.474. The number of aryl methyl sites for hydroxylation is 1. The van der Waals surface area contributed by atoms with Crippen molar-refractivity contribution in [3.8, 4) is 5.75 Å². The molecular weight excluding hydrogens is 378 g/mol. The van der Waals surface area contributed by atoms with E-state index in [-0.39, 0.29) is 16.7 Å². The molecule has 0 unspecified atom stereocenters. The van der Waals surface area contributed by atoms with Gasteiger partial charge in [-0.15, -0.1) is 0 Å². The summed E-state index contributed by atoms with van der Waals surface area (Å²) in [5, 5.41) is 26.2. The van der Waals surface area contributed by atoms with Gasteiger partial charge in [0.05, 0.1) is 28.5 Å². The lowest BCUT2D eigenvalue weighted by atomic mass is 10.00. The van der Waals surface area contributed by atoms with E-state index < -0.39 is 10.0 Å². The number of hydrazone groups is 1. The first-order valence-electron chi connectivity index (χ1n) is 8.59. The first kappa shape index (κ1) is 18.2. The third-order valence-electron chi connectivity index (χ3n) is 4.66. The molecule has 1 aliphatic rings. The van der Waals surface area contributed by atoms with Crippen molar-refractivity contribution < 1.29 is 13.5 Å². The lowest BCUT2D eigenvalue weighted by Gasteiger charge is -2.22. The van der Waals surface area contributed by atoms with Gasteiger partial charge in [-0.2, -0.15) is 10.2 Å². The number of primary sulfonamides is 1. The molecule has 4 rings (SSSR count). The van der Waals surface area contributed by atoms with Crippen LogP contribution in [0.5, 0.6) is 5.75 Å². The molecule has 1 aromatic heterocycles. The summed E-state index contributed by atoms with van der Waals surface area (Å²) in [6.45, 7) is 0. The fraction of sp³-hybridized carbons (Fsp3) is 0.158. The van der Waals surface area contributed by atoms with E-state index in [1.165, 1.54) is 12.1 Å². The third-order valence-corrected chi connectivity index (χ3v) is 5.59. The maximum atomic E-state index is 11.5. The number of phenolic OH excluding ortho intramolecular Hbond substituents is 1. The van der Waals surface area contributed by atoms with E-state index in [2.05, 4.69) is 5.10 Å². The summed E-state index contributed by atoms with van der Waals surface area (Å²) in [4.78, 5) is 0.0401. The minimum atomic E-state index is -3.77. The predicted molar refractivity (Wildman–Crippen MR) is 106 cm³/mol. The summed E-state index contributed by atoms with van der Waals surface area (Å²) in [7, 11) is -1.92. The minimum Gasteiger partial charge on any atom is -0.507 e. The molecule has 0 amide bonds. The van der Waals surface area contributed by atoms with E-state index in [0.717, 1.165) is 11.3 Å². The molecule has 28 heavy (non-hydrogen) atoms. The fourth-order valence-corrected chi connectivity index (χ4v) is 3.80. The zero-order valence-corrected chi connectivity index (χ0v) is 15.9. The van der Waals surface area contributed by atoms with Crippen LogP contribution in [-0.4, -0.2) is 29.0 Å². The Bertz CT molecular complexity index is 1150. The summed E-state index contributed by atoms with van der Waals surface area (Å²) in [5.41, 5.74) is 3.08. The van der Waals surface area contributed by atoms with E-state index in [9.17, 15) is 13.5 Å². The molecule has 0 saturated carbocycles. The summed E-state index contributed by atoms with van der Waals surface area (Å²) in [6.07, 6.45) is 4.26. The van der Waals surface area contributed by atoms with Gasteiger partial charge in [-0.1, -0.05) is 12.1 Å². The first-order chi connectivity index (χ1) is 13.3. The Morgan fingerprint density at radius 3 is 2.46 bits per heavy atom. The molecule has 0 spiro atoms. The van der Waals surface area contributed by atoms with Gasteiger partial charge in [-0.25, -0.2) is 13.6 Å². The molecule has 9 heteroatoms. The van der Waals surface area contributed by atoms with Crippen LogP contribution in [-0.2, 0) is 17.1 Å². The van der Waals surface area contributed by atoms with Gasteiger partial charge in [0.2, 0.25) is 10.0 Å². The van der Waals surface area contributed by atoms with Gasteiger partial charge in [0.1, 0.15) is 5.75 Å². The van der Waals surface area contributed by atoms with Crippen LogP contribution in [0.25, 0.3) is 0 Å². The third kappa shape index (κ3) is 3.37. The van der Waals surface area contributed by atoms with Crippen LogP contribution in [0.4, 0.5) is 5.69 Å². The highest BCUT2D eigenvalue weighted by Crippen LogP contribution is 2.38. The normalized spacial score (nSPS) is 17.0. The van der Waals surface area contributed by atoms with Crippen molar-refractivity contribution in [3.05, 3.63) is 72.1 Å². The van der Waals surface area contributed by atoms with Gasteiger partial charge >= 0.3 is 0 Å². The number of phenols is 1. The SMILES string of the molecule is Cn1cc([C@H]2CC(c3ccccc3O)=NN2c2ccc(S(N)(=O)=O)cc2)cn1. The van der Waals surface area contributed by atoms with Crippen molar-refractivity contribution in [3.63, 3.8) is 0 Å². The van der Waals surface area contributed by atoms with Crippen molar-refractivity contribution in [1.29, 1.82) is 0 Å². The van der Waals surface area contributed by atoms with E-state index >= 15 is 0 Å². The Labute approximate surface area is 162 Å². The maximum Gasteiger partial charge on any atom is 0.238 e. The highest BCUT2D eigenvalue weighted by atomic mass is 32.2. The molecule has 0 saturated heterocycles. The van der Waals surface area contributed by atoms with E-state index in [1.807, 2.05) is 30.4 Å². The van der Waals surface area contributed by atoms with Gasteiger partial charge < -0.3 is 5.11 Å². The van der Waals surface area contributed by atoms with Crippen LogP contribution in [0.15, 0.2) is 70.9 Å². The number of benzene rings is 2. The predicted octanol–water partition coefficient (Wildman–Crippen LogP) is 2.13. The molecule has 1 aliphatic heterocycles. The summed E-state index contributed by atoms with van der Waals surface area (Å²) >= 11 is 0. The smallest absolute Gasteiger partial charge is 0.238 e. The average molecular weight is 397 g/mol. The van der Waals surface area contributed by atoms with Crippen LogP contribution in [0.2, 0.25) is 0 Å². The number of hydrogen-bond acceptors (Lipinski definition) is 6. The Morgan fingerprint density at radius 2 is 1.86 bits per heavy atom. The molecule has 0 radical (unpaired) electrons. The Hall–Kier alpha value is -3.17. The second-order valence-corrected chi connectivity index (χ2v) is 8.18. The van der Waals surface area contributed by atoms with Crippen LogP contribution in [0.3, 0.4) is 0 Å². The minimum absolute atomic E-state index is 0.0401. The number of rotatable bonds is 4. The molecule has 2 aromatic carbocycles. The van der Waals surface area contributed by atoms with E-state index in [4.69, 9.17) is 10.2 Å². The Morgan fingerprint density at radius 1 is 1.14 bits per heavy atom. The molecule has 8 nitrogen and oxygen atoms in total. The average Bonchev–Trinajstić information content (AvgIpc) is 3.28. The second kappa shape index (κ2) is 6.77. The van der Waals surface area contributed by atoms with Crippen LogP contribution < -0.4 is 10.1 Å². The fourth-order valence-electron chi connectivity index (χ4n) is 3.29. The maximum absolute atomic E-state index is 11.5. The van der Waals surface area contributed by atoms with Crippen molar-refractivity contribution in [2.45, 2.75) is 17.4 Å². The number of sulfonamides is 1. The zero-order valence-electron chi connectivity index (χ0n) is 15.1.